The standard InChI is InChI=1S/C7H7BrClNO3S/c1-13-6-3-7(14(10,11)12)4(8)2-5(6)9/h2-3H,1H3,(H2,10,11,12). The average Bonchev–Trinajstić information content (AvgIpc) is 2.02. The van der Waals surface area contributed by atoms with Crippen LogP contribution < -0.4 is 9.88 Å². The van der Waals surface area contributed by atoms with Crippen LogP contribution in [0.1, 0.15) is 0 Å². The summed E-state index contributed by atoms with van der Waals surface area (Å²) < 4.78 is 27.3. The molecule has 0 amide bonds. The fourth-order valence-electron chi connectivity index (χ4n) is 0.885. The maximum atomic E-state index is 11.1. The van der Waals surface area contributed by atoms with Gasteiger partial charge in [-0.25, -0.2) is 13.6 Å². The molecule has 1 aromatic rings. The average molecular weight is 301 g/mol. The highest BCUT2D eigenvalue weighted by atomic mass is 79.9. The second-order valence-electron chi connectivity index (χ2n) is 2.46. The van der Waals surface area contributed by atoms with Crippen molar-refractivity contribution in [2.24, 2.45) is 5.14 Å². The molecule has 0 atom stereocenters. The molecular weight excluding hydrogens is 294 g/mol. The zero-order chi connectivity index (χ0) is 10.9. The maximum absolute atomic E-state index is 11.1. The van der Waals surface area contributed by atoms with E-state index in [4.69, 9.17) is 21.5 Å². The molecule has 2 N–H and O–H groups in total. The first-order valence-electron chi connectivity index (χ1n) is 3.42. The van der Waals surface area contributed by atoms with Gasteiger partial charge in [-0.05, 0) is 22.0 Å². The number of halogens is 2. The number of sulfonamides is 1. The van der Waals surface area contributed by atoms with E-state index in [1.54, 1.807) is 0 Å². The Balaban J connectivity index is 3.47. The van der Waals surface area contributed by atoms with E-state index in [-0.39, 0.29) is 10.6 Å². The van der Waals surface area contributed by atoms with Crippen LogP contribution in [0.4, 0.5) is 0 Å². The molecule has 0 aromatic heterocycles. The smallest absolute Gasteiger partial charge is 0.239 e. The maximum Gasteiger partial charge on any atom is 0.239 e. The zero-order valence-corrected chi connectivity index (χ0v) is 10.3. The van der Waals surface area contributed by atoms with Gasteiger partial charge in [0.05, 0.1) is 17.0 Å². The van der Waals surface area contributed by atoms with E-state index in [0.717, 1.165) is 0 Å². The molecule has 0 heterocycles. The minimum atomic E-state index is -3.77. The third-order valence-corrected chi connectivity index (χ3v) is 3.68. The predicted molar refractivity (Wildman–Crippen MR) is 57.1 cm³/mol. The van der Waals surface area contributed by atoms with E-state index in [1.807, 2.05) is 0 Å². The van der Waals surface area contributed by atoms with Gasteiger partial charge in [0.15, 0.2) is 0 Å². The van der Waals surface area contributed by atoms with Crippen molar-refractivity contribution in [2.45, 2.75) is 4.90 Å². The SMILES string of the molecule is COc1cc(S(N)(=O)=O)c(Br)cc1Cl. The van der Waals surface area contributed by atoms with Crippen LogP contribution in [0.5, 0.6) is 5.75 Å². The lowest BCUT2D eigenvalue weighted by Crippen LogP contribution is -2.13. The molecule has 0 fully saturated rings. The highest BCUT2D eigenvalue weighted by Crippen LogP contribution is 2.32. The molecule has 1 aromatic carbocycles. The Hall–Kier alpha value is -0.300. The van der Waals surface area contributed by atoms with E-state index in [1.165, 1.54) is 19.2 Å². The second-order valence-corrected chi connectivity index (χ2v) is 5.25. The Morgan fingerprint density at radius 1 is 1.50 bits per heavy atom. The van der Waals surface area contributed by atoms with Crippen LogP contribution in [-0.4, -0.2) is 15.5 Å². The summed E-state index contributed by atoms with van der Waals surface area (Å²) in [4.78, 5) is -0.0567. The van der Waals surface area contributed by atoms with Crippen molar-refractivity contribution in [3.63, 3.8) is 0 Å². The van der Waals surface area contributed by atoms with Crippen LogP contribution in [0.3, 0.4) is 0 Å². The number of ether oxygens (including phenoxy) is 1. The molecule has 0 spiro atoms. The Kier molecular flexibility index (Phi) is 3.41. The van der Waals surface area contributed by atoms with Gasteiger partial charge in [-0.2, -0.15) is 0 Å². The minimum absolute atomic E-state index is 0.0567. The van der Waals surface area contributed by atoms with Crippen LogP contribution in [0.2, 0.25) is 5.02 Å². The lowest BCUT2D eigenvalue weighted by atomic mass is 10.3. The van der Waals surface area contributed by atoms with E-state index >= 15 is 0 Å². The molecule has 0 radical (unpaired) electrons. The number of rotatable bonds is 2. The molecule has 0 aliphatic carbocycles. The lowest BCUT2D eigenvalue weighted by molar-refractivity contribution is 0.413. The zero-order valence-electron chi connectivity index (χ0n) is 7.12. The normalized spacial score (nSPS) is 11.4. The molecule has 0 bridgehead atoms. The van der Waals surface area contributed by atoms with Gasteiger partial charge in [0.2, 0.25) is 10.0 Å². The van der Waals surface area contributed by atoms with Crippen molar-refractivity contribution in [2.75, 3.05) is 7.11 Å². The van der Waals surface area contributed by atoms with Crippen molar-refractivity contribution >= 4 is 37.6 Å². The molecule has 0 saturated heterocycles. The van der Waals surface area contributed by atoms with Gasteiger partial charge in [-0.3, -0.25) is 0 Å². The van der Waals surface area contributed by atoms with Gasteiger partial charge < -0.3 is 4.74 Å². The summed E-state index contributed by atoms with van der Waals surface area (Å²) in [6.45, 7) is 0. The Labute approximate surface area is 95.2 Å². The summed E-state index contributed by atoms with van der Waals surface area (Å²) in [6.07, 6.45) is 0. The summed E-state index contributed by atoms with van der Waals surface area (Å²) in [5.74, 6) is 0.263. The number of hydrogen-bond donors (Lipinski definition) is 1. The fourth-order valence-corrected chi connectivity index (χ4v) is 2.88. The molecule has 0 unspecified atom stereocenters. The summed E-state index contributed by atoms with van der Waals surface area (Å²) in [5.41, 5.74) is 0. The van der Waals surface area contributed by atoms with Crippen LogP contribution >= 0.6 is 27.5 Å². The van der Waals surface area contributed by atoms with Gasteiger partial charge in [-0.1, -0.05) is 11.6 Å². The third-order valence-electron chi connectivity index (χ3n) is 1.51. The monoisotopic (exact) mass is 299 g/mol. The molecule has 14 heavy (non-hydrogen) atoms. The quantitative estimate of drug-likeness (QED) is 0.905. The molecule has 4 nitrogen and oxygen atoms in total. The van der Waals surface area contributed by atoms with Crippen LogP contribution in [0.25, 0.3) is 0 Å². The predicted octanol–water partition coefficient (Wildman–Crippen LogP) is 1.76. The van der Waals surface area contributed by atoms with Gasteiger partial charge in [0.25, 0.3) is 0 Å². The summed E-state index contributed by atoms with van der Waals surface area (Å²) >= 11 is 8.81. The second kappa shape index (κ2) is 4.06. The van der Waals surface area contributed by atoms with Gasteiger partial charge in [0, 0.05) is 10.5 Å². The van der Waals surface area contributed by atoms with Crippen molar-refractivity contribution in [1.82, 2.24) is 0 Å². The van der Waals surface area contributed by atoms with E-state index in [2.05, 4.69) is 15.9 Å². The molecular formula is C7H7BrClNO3S. The van der Waals surface area contributed by atoms with Crippen molar-refractivity contribution < 1.29 is 13.2 Å². The van der Waals surface area contributed by atoms with Crippen LogP contribution in [0, 0.1) is 0 Å². The highest BCUT2D eigenvalue weighted by molar-refractivity contribution is 9.10. The molecule has 78 valence electrons. The number of benzene rings is 1. The van der Waals surface area contributed by atoms with Gasteiger partial charge >= 0.3 is 0 Å². The largest absolute Gasteiger partial charge is 0.495 e. The van der Waals surface area contributed by atoms with Crippen LogP contribution in [-0.2, 0) is 10.0 Å². The van der Waals surface area contributed by atoms with Gasteiger partial charge in [-0.15, -0.1) is 0 Å². The number of hydrogen-bond acceptors (Lipinski definition) is 3. The van der Waals surface area contributed by atoms with Crippen molar-refractivity contribution in [3.8, 4) is 5.75 Å². The summed E-state index contributed by atoms with van der Waals surface area (Å²) in [6, 6.07) is 2.68. The van der Waals surface area contributed by atoms with E-state index in [0.29, 0.717) is 9.50 Å². The molecule has 0 saturated carbocycles. The van der Waals surface area contributed by atoms with Crippen molar-refractivity contribution in [1.29, 1.82) is 0 Å². The third kappa shape index (κ3) is 2.38. The fraction of sp³-hybridized carbons (Fsp3) is 0.143. The lowest BCUT2D eigenvalue weighted by Gasteiger charge is -2.07. The summed E-state index contributed by atoms with van der Waals surface area (Å²) in [5, 5.41) is 5.29. The molecule has 1 rings (SSSR count). The van der Waals surface area contributed by atoms with E-state index in [9.17, 15) is 8.42 Å². The van der Waals surface area contributed by atoms with Gasteiger partial charge in [0.1, 0.15) is 5.75 Å². The summed E-state index contributed by atoms with van der Waals surface area (Å²) in [7, 11) is -2.38. The highest BCUT2D eigenvalue weighted by Gasteiger charge is 2.15. The van der Waals surface area contributed by atoms with Crippen LogP contribution in [0.15, 0.2) is 21.5 Å². The first-order chi connectivity index (χ1) is 6.36. The topological polar surface area (TPSA) is 69.4 Å². The molecule has 7 heteroatoms. The first-order valence-corrected chi connectivity index (χ1v) is 6.14. The first kappa shape index (κ1) is 11.8. The van der Waals surface area contributed by atoms with E-state index < -0.39 is 10.0 Å². The number of primary sulfonamides is 1. The molecule has 0 aliphatic heterocycles. The Bertz CT molecular complexity index is 460. The number of nitrogens with two attached hydrogens (primary N) is 1. The minimum Gasteiger partial charge on any atom is -0.495 e. The Morgan fingerprint density at radius 2 is 2.07 bits per heavy atom. The molecule has 0 aliphatic rings. The van der Waals surface area contributed by atoms with Crippen molar-refractivity contribution in [3.05, 3.63) is 21.6 Å². The number of methoxy groups -OCH3 is 1. The Morgan fingerprint density at radius 3 is 2.50 bits per heavy atom.